The highest BCUT2D eigenvalue weighted by atomic mass is 32.2. The largest absolute Gasteiger partial charge is 0.326 e. The summed E-state index contributed by atoms with van der Waals surface area (Å²) >= 11 is 1.59. The van der Waals surface area contributed by atoms with Gasteiger partial charge in [-0.3, -0.25) is 4.79 Å². The first-order chi connectivity index (χ1) is 11.5. The van der Waals surface area contributed by atoms with Gasteiger partial charge in [0.25, 0.3) is 0 Å². The third-order valence-corrected chi connectivity index (χ3v) is 7.04. The first-order valence-corrected chi connectivity index (χ1v) is 10.3. The van der Waals surface area contributed by atoms with Gasteiger partial charge in [0.2, 0.25) is 15.9 Å². The van der Waals surface area contributed by atoms with Gasteiger partial charge in [-0.2, -0.15) is 4.31 Å². The topological polar surface area (TPSA) is 66.5 Å². The fraction of sp³-hybridized carbons (Fsp3) is 0.353. The van der Waals surface area contributed by atoms with Gasteiger partial charge in [-0.05, 0) is 48.6 Å². The standard InChI is InChI=1S/C17H20N2O3S2/c1-2-17(20)18-13-7-9-14(10-8-13)24(21,22)19-11-3-5-15(19)16-6-4-12-23-16/h4,6-10,12,15H,2-3,5,11H2,1H3,(H,18,20). The van der Waals surface area contributed by atoms with Crippen molar-refractivity contribution in [3.8, 4) is 0 Å². The molecular formula is C17H20N2O3S2. The van der Waals surface area contributed by atoms with E-state index in [1.807, 2.05) is 17.5 Å². The number of hydrogen-bond acceptors (Lipinski definition) is 4. The van der Waals surface area contributed by atoms with Crippen LogP contribution < -0.4 is 5.32 Å². The number of sulfonamides is 1. The lowest BCUT2D eigenvalue weighted by atomic mass is 10.2. The summed E-state index contributed by atoms with van der Waals surface area (Å²) in [6.07, 6.45) is 2.10. The average Bonchev–Trinajstić information content (AvgIpc) is 3.26. The van der Waals surface area contributed by atoms with Gasteiger partial charge in [0.1, 0.15) is 0 Å². The Morgan fingerprint density at radius 1 is 1.29 bits per heavy atom. The molecule has 1 fully saturated rings. The smallest absolute Gasteiger partial charge is 0.243 e. The van der Waals surface area contributed by atoms with Crippen molar-refractivity contribution in [1.82, 2.24) is 4.31 Å². The Morgan fingerprint density at radius 2 is 2.04 bits per heavy atom. The number of nitrogens with zero attached hydrogens (tertiary/aromatic N) is 1. The number of thiophene rings is 1. The van der Waals surface area contributed by atoms with E-state index in [2.05, 4.69) is 5.32 Å². The number of benzene rings is 1. The van der Waals surface area contributed by atoms with E-state index >= 15 is 0 Å². The molecule has 1 aromatic carbocycles. The molecule has 1 unspecified atom stereocenters. The molecule has 0 spiro atoms. The van der Waals surface area contributed by atoms with Crippen LogP contribution in [0.4, 0.5) is 5.69 Å². The Hall–Kier alpha value is -1.70. The fourth-order valence-electron chi connectivity index (χ4n) is 2.89. The van der Waals surface area contributed by atoms with Gasteiger partial charge in [-0.25, -0.2) is 8.42 Å². The molecule has 3 rings (SSSR count). The Morgan fingerprint density at radius 3 is 2.67 bits per heavy atom. The fourth-order valence-corrected chi connectivity index (χ4v) is 5.50. The van der Waals surface area contributed by atoms with Crippen LogP contribution in [0.5, 0.6) is 0 Å². The Bertz CT molecular complexity index is 799. The highest BCUT2D eigenvalue weighted by Crippen LogP contribution is 2.38. The molecule has 7 heteroatoms. The molecule has 1 aliphatic heterocycles. The van der Waals surface area contributed by atoms with Crippen LogP contribution in [-0.2, 0) is 14.8 Å². The van der Waals surface area contributed by atoms with Gasteiger partial charge >= 0.3 is 0 Å². The van der Waals surface area contributed by atoms with Crippen LogP contribution in [0.15, 0.2) is 46.7 Å². The maximum absolute atomic E-state index is 13.0. The predicted molar refractivity (Wildman–Crippen MR) is 95.5 cm³/mol. The van der Waals surface area contributed by atoms with Crippen LogP contribution in [0, 0.1) is 0 Å². The van der Waals surface area contributed by atoms with E-state index in [-0.39, 0.29) is 16.8 Å². The van der Waals surface area contributed by atoms with Crippen molar-refractivity contribution in [2.45, 2.75) is 37.1 Å². The summed E-state index contributed by atoms with van der Waals surface area (Å²) in [6.45, 7) is 2.31. The van der Waals surface area contributed by atoms with Crippen molar-refractivity contribution >= 4 is 33.0 Å². The van der Waals surface area contributed by atoms with Crippen molar-refractivity contribution in [2.75, 3.05) is 11.9 Å². The van der Waals surface area contributed by atoms with E-state index in [1.165, 1.54) is 0 Å². The van der Waals surface area contributed by atoms with Gasteiger partial charge in [0.05, 0.1) is 10.9 Å². The molecule has 0 radical (unpaired) electrons. The first kappa shape index (κ1) is 17.1. The minimum atomic E-state index is -3.54. The Balaban J connectivity index is 1.83. The van der Waals surface area contributed by atoms with Gasteiger partial charge in [-0.15, -0.1) is 11.3 Å². The molecule has 0 aliphatic carbocycles. The monoisotopic (exact) mass is 364 g/mol. The minimum Gasteiger partial charge on any atom is -0.326 e. The second-order valence-corrected chi connectivity index (χ2v) is 8.59. The summed E-state index contributed by atoms with van der Waals surface area (Å²) in [4.78, 5) is 12.8. The van der Waals surface area contributed by atoms with Crippen LogP contribution >= 0.6 is 11.3 Å². The van der Waals surface area contributed by atoms with Crippen LogP contribution in [0.1, 0.15) is 37.1 Å². The normalized spacial score (nSPS) is 18.6. The molecule has 2 heterocycles. The first-order valence-electron chi connectivity index (χ1n) is 7.97. The molecule has 1 aliphatic rings. The van der Waals surface area contributed by atoms with Gasteiger partial charge in [-0.1, -0.05) is 13.0 Å². The molecule has 5 nitrogen and oxygen atoms in total. The van der Waals surface area contributed by atoms with Crippen molar-refractivity contribution in [2.24, 2.45) is 0 Å². The molecule has 1 N–H and O–H groups in total. The second kappa shape index (κ2) is 7.04. The van der Waals surface area contributed by atoms with Crippen LogP contribution in [0.2, 0.25) is 0 Å². The predicted octanol–water partition coefficient (Wildman–Crippen LogP) is 3.62. The Kier molecular flexibility index (Phi) is 5.03. The summed E-state index contributed by atoms with van der Waals surface area (Å²) in [6, 6.07) is 10.3. The molecule has 0 bridgehead atoms. The lowest BCUT2D eigenvalue weighted by Gasteiger charge is -2.23. The minimum absolute atomic E-state index is 0.0746. The number of amides is 1. The van der Waals surface area contributed by atoms with E-state index in [4.69, 9.17) is 0 Å². The summed E-state index contributed by atoms with van der Waals surface area (Å²) in [7, 11) is -3.54. The SMILES string of the molecule is CCC(=O)Nc1ccc(S(=O)(=O)N2CCCC2c2cccs2)cc1. The Labute approximate surface area is 146 Å². The van der Waals surface area contributed by atoms with Crippen molar-refractivity contribution in [3.05, 3.63) is 46.7 Å². The van der Waals surface area contributed by atoms with E-state index < -0.39 is 10.0 Å². The molecule has 1 saturated heterocycles. The molecule has 1 aromatic heterocycles. The lowest BCUT2D eigenvalue weighted by molar-refractivity contribution is -0.115. The van der Waals surface area contributed by atoms with E-state index in [9.17, 15) is 13.2 Å². The van der Waals surface area contributed by atoms with Gasteiger partial charge < -0.3 is 5.32 Å². The maximum Gasteiger partial charge on any atom is 0.243 e. The third kappa shape index (κ3) is 3.38. The number of carbonyl (C=O) groups excluding carboxylic acids is 1. The van der Waals surface area contributed by atoms with Gasteiger partial charge in [0.15, 0.2) is 0 Å². The number of anilines is 1. The third-order valence-electron chi connectivity index (χ3n) is 4.14. The number of hydrogen-bond donors (Lipinski definition) is 1. The zero-order valence-electron chi connectivity index (χ0n) is 13.4. The average molecular weight is 364 g/mol. The maximum atomic E-state index is 13.0. The summed E-state index contributed by atoms with van der Waals surface area (Å²) in [5, 5.41) is 4.70. The highest BCUT2D eigenvalue weighted by molar-refractivity contribution is 7.89. The summed E-state index contributed by atoms with van der Waals surface area (Å²) in [5.74, 6) is -0.0945. The van der Waals surface area contributed by atoms with Crippen molar-refractivity contribution < 1.29 is 13.2 Å². The van der Waals surface area contributed by atoms with E-state index in [0.29, 0.717) is 18.7 Å². The highest BCUT2D eigenvalue weighted by Gasteiger charge is 2.36. The number of carbonyl (C=O) groups is 1. The van der Waals surface area contributed by atoms with Gasteiger partial charge in [0, 0.05) is 23.5 Å². The van der Waals surface area contributed by atoms with Crippen LogP contribution in [0.3, 0.4) is 0 Å². The van der Waals surface area contributed by atoms with Crippen LogP contribution in [-0.4, -0.2) is 25.2 Å². The molecule has 2 aromatic rings. The molecule has 24 heavy (non-hydrogen) atoms. The number of rotatable bonds is 5. The van der Waals surface area contributed by atoms with Crippen LogP contribution in [0.25, 0.3) is 0 Å². The van der Waals surface area contributed by atoms with Crippen molar-refractivity contribution in [3.63, 3.8) is 0 Å². The van der Waals surface area contributed by atoms with E-state index in [1.54, 1.807) is 46.8 Å². The second-order valence-electron chi connectivity index (χ2n) is 5.72. The van der Waals surface area contributed by atoms with Crippen molar-refractivity contribution in [1.29, 1.82) is 0 Å². The molecular weight excluding hydrogens is 344 g/mol. The molecule has 128 valence electrons. The number of nitrogens with one attached hydrogen (secondary N) is 1. The zero-order chi connectivity index (χ0) is 17.2. The summed E-state index contributed by atoms with van der Waals surface area (Å²) in [5.41, 5.74) is 0.608. The quantitative estimate of drug-likeness (QED) is 0.881. The zero-order valence-corrected chi connectivity index (χ0v) is 15.1. The molecule has 1 atom stereocenters. The van der Waals surface area contributed by atoms with E-state index in [0.717, 1.165) is 17.7 Å². The summed E-state index contributed by atoms with van der Waals surface area (Å²) < 4.78 is 27.5. The molecule has 0 saturated carbocycles. The molecule has 1 amide bonds. The lowest BCUT2D eigenvalue weighted by Crippen LogP contribution is -2.30.